The van der Waals surface area contributed by atoms with Gasteiger partial charge in [-0.3, -0.25) is 0 Å². The first kappa shape index (κ1) is 26.5. The maximum atomic E-state index is 2.54. The lowest BCUT2D eigenvalue weighted by Crippen LogP contribution is -2.29. The first-order valence-corrected chi connectivity index (χ1v) is 15.7. The van der Waals surface area contributed by atoms with Crippen LogP contribution in [0, 0.1) is 0 Å². The highest BCUT2D eigenvalue weighted by atomic mass is 32.1. The zero-order valence-electron chi connectivity index (χ0n) is 22.5. The zero-order chi connectivity index (χ0) is 23.7. The van der Waals surface area contributed by atoms with Crippen LogP contribution in [0.15, 0.2) is 12.1 Å². The van der Waals surface area contributed by atoms with E-state index in [4.69, 9.17) is 0 Å². The first-order chi connectivity index (χ1) is 13.1. The molecular formula is C27H47P3. The molecule has 1 aromatic rings. The van der Waals surface area contributed by atoms with Crippen LogP contribution in [0.4, 0.5) is 0 Å². The lowest BCUT2D eigenvalue weighted by atomic mass is 9.75. The monoisotopic (exact) mass is 464 g/mol. The molecule has 30 heavy (non-hydrogen) atoms. The van der Waals surface area contributed by atoms with Crippen LogP contribution in [0.2, 0.25) is 0 Å². The quantitative estimate of drug-likeness (QED) is 0.363. The van der Waals surface area contributed by atoms with Crippen LogP contribution >= 0.6 is 23.4 Å². The third kappa shape index (κ3) is 5.78. The second-order valence-corrected chi connectivity index (χ2v) is 23.4. The van der Waals surface area contributed by atoms with Crippen molar-refractivity contribution in [3.63, 3.8) is 0 Å². The van der Waals surface area contributed by atoms with Gasteiger partial charge >= 0.3 is 0 Å². The summed E-state index contributed by atoms with van der Waals surface area (Å²) in [4.78, 5) is 0. The summed E-state index contributed by atoms with van der Waals surface area (Å²) in [6.07, 6.45) is 0. The van der Waals surface area contributed by atoms with Gasteiger partial charge in [0.2, 0.25) is 0 Å². The van der Waals surface area contributed by atoms with Gasteiger partial charge in [0, 0.05) is 10.1 Å². The smallest absolute Gasteiger partial charge is 0.0152 e. The number of rotatable bonds is 1. The van der Waals surface area contributed by atoms with E-state index in [1.54, 1.807) is 16.4 Å². The molecule has 0 spiro atoms. The molecule has 0 amide bonds. The minimum atomic E-state index is 0.0123. The molecule has 0 bridgehead atoms. The summed E-state index contributed by atoms with van der Waals surface area (Å²) < 4.78 is 1.89. The summed E-state index contributed by atoms with van der Waals surface area (Å²) in [5.41, 5.74) is 5.07. The van der Waals surface area contributed by atoms with Crippen molar-refractivity contribution < 1.29 is 0 Å². The Bertz CT molecular complexity index is 768. The van der Waals surface area contributed by atoms with Crippen molar-refractivity contribution in [3.05, 3.63) is 28.8 Å². The van der Waals surface area contributed by atoms with Crippen molar-refractivity contribution >= 4 is 33.5 Å². The molecule has 0 N–H and O–H groups in total. The van der Waals surface area contributed by atoms with Gasteiger partial charge in [0.1, 0.15) is 0 Å². The van der Waals surface area contributed by atoms with Gasteiger partial charge in [-0.05, 0) is 58.5 Å². The number of benzene rings is 1. The van der Waals surface area contributed by atoms with Crippen LogP contribution in [-0.4, -0.2) is 15.1 Å². The summed E-state index contributed by atoms with van der Waals surface area (Å²) in [6, 6.07) is 5.08. The van der Waals surface area contributed by atoms with Crippen LogP contribution < -0.4 is 5.30 Å². The third-order valence-electron chi connectivity index (χ3n) is 5.61. The maximum Gasteiger partial charge on any atom is 0.0152 e. The molecule has 0 radical (unpaired) electrons. The topological polar surface area (TPSA) is 0 Å². The van der Waals surface area contributed by atoms with Crippen LogP contribution in [0.1, 0.15) is 121 Å². The van der Waals surface area contributed by atoms with E-state index in [0.29, 0.717) is 10.3 Å². The minimum Gasteiger partial charge on any atom is -0.0581 e. The molecule has 170 valence electrons. The highest BCUT2D eigenvalue weighted by Gasteiger charge is 2.56. The van der Waals surface area contributed by atoms with Gasteiger partial charge < -0.3 is 0 Å². The summed E-state index contributed by atoms with van der Waals surface area (Å²) in [7, 11) is 1.55. The molecule has 1 saturated heterocycles. The Balaban J connectivity index is 2.86. The second-order valence-electron chi connectivity index (χ2n) is 14.0. The van der Waals surface area contributed by atoms with Crippen molar-refractivity contribution in [2.75, 3.05) is 0 Å². The average molecular weight is 465 g/mol. The maximum absolute atomic E-state index is 2.54. The Kier molecular flexibility index (Phi) is 7.01. The van der Waals surface area contributed by atoms with Gasteiger partial charge in [0.25, 0.3) is 0 Å². The molecule has 2 unspecified atom stereocenters. The van der Waals surface area contributed by atoms with Crippen LogP contribution in [0.3, 0.4) is 0 Å². The predicted octanol–water partition coefficient (Wildman–Crippen LogP) is 9.73. The van der Waals surface area contributed by atoms with Gasteiger partial charge in [-0.25, -0.2) is 0 Å². The molecule has 3 heteroatoms. The molecule has 1 heterocycles. The fourth-order valence-electron chi connectivity index (χ4n) is 3.86. The van der Waals surface area contributed by atoms with E-state index >= 15 is 0 Å². The molecule has 0 saturated carbocycles. The third-order valence-corrected chi connectivity index (χ3v) is 19.2. The lowest BCUT2D eigenvalue weighted by molar-refractivity contribution is 0.554. The summed E-state index contributed by atoms with van der Waals surface area (Å²) in [6.45, 7) is 36.3. The van der Waals surface area contributed by atoms with Gasteiger partial charge in [-0.1, -0.05) is 124 Å². The van der Waals surface area contributed by atoms with Crippen LogP contribution in [-0.2, 0) is 16.2 Å². The van der Waals surface area contributed by atoms with Gasteiger partial charge in [-0.2, -0.15) is 0 Å². The highest BCUT2D eigenvalue weighted by molar-refractivity contribution is 8.70. The molecule has 0 aliphatic carbocycles. The summed E-state index contributed by atoms with van der Waals surface area (Å²) >= 11 is 0. The van der Waals surface area contributed by atoms with Gasteiger partial charge in [0.15, 0.2) is 0 Å². The summed E-state index contributed by atoms with van der Waals surface area (Å²) in [5, 5.41) is 2.46. The van der Waals surface area contributed by atoms with E-state index in [0.717, 1.165) is 0 Å². The Hall–Kier alpha value is 0.250. The predicted molar refractivity (Wildman–Crippen MR) is 147 cm³/mol. The Morgan fingerprint density at radius 3 is 1.10 bits per heavy atom. The summed E-state index contributed by atoms with van der Waals surface area (Å²) in [5.74, 6) is 0. The molecule has 2 atom stereocenters. The van der Waals surface area contributed by atoms with E-state index in [-0.39, 0.29) is 31.5 Å². The molecule has 1 aliphatic rings. The molecular weight excluding hydrogens is 417 g/mol. The van der Waals surface area contributed by atoms with E-state index in [1.807, 2.05) is 4.78 Å². The fraction of sp³-hybridized carbons (Fsp3) is 0.741. The Labute approximate surface area is 192 Å². The molecule has 0 nitrogen and oxygen atoms in total. The molecule has 1 fully saturated rings. The normalized spacial score (nSPS) is 21.4. The van der Waals surface area contributed by atoms with Crippen LogP contribution in [0.5, 0.6) is 0 Å². The second kappa shape index (κ2) is 7.93. The molecule has 1 aliphatic heterocycles. The molecule has 0 aromatic heterocycles. The van der Waals surface area contributed by atoms with Crippen LogP contribution in [0.25, 0.3) is 0 Å². The number of hydrogen-bond donors (Lipinski definition) is 0. The van der Waals surface area contributed by atoms with E-state index in [1.165, 1.54) is 13.8 Å². The van der Waals surface area contributed by atoms with E-state index < -0.39 is 0 Å². The van der Waals surface area contributed by atoms with Crippen molar-refractivity contribution in [2.24, 2.45) is 0 Å². The SMILES string of the molecule is CC(C)(C)c1cc(C(C)(C)C)c(P=C2P(C(C)(C)C)P2C(C)(C)C)c(C(C)(C)C)c1. The molecule has 2 rings (SSSR count). The minimum absolute atomic E-state index is 0.0123. The Morgan fingerprint density at radius 2 is 0.867 bits per heavy atom. The zero-order valence-corrected chi connectivity index (χ0v) is 25.2. The van der Waals surface area contributed by atoms with E-state index in [2.05, 4.69) is 116 Å². The van der Waals surface area contributed by atoms with Gasteiger partial charge in [0.05, 0.1) is 0 Å². The first-order valence-electron chi connectivity index (χ1n) is 11.4. The van der Waals surface area contributed by atoms with Crippen molar-refractivity contribution in [1.82, 2.24) is 0 Å². The standard InChI is InChI=1S/C27H47P3/c1-23(2,3)18-16-19(24(4,5)6)21(20(17-18)25(7,8)9)28-22-29(26(10,11)12)30(22)27(13,14)15/h16-17H,1-15H3. The van der Waals surface area contributed by atoms with Crippen molar-refractivity contribution in [2.45, 2.75) is 130 Å². The highest BCUT2D eigenvalue weighted by Crippen LogP contribution is 3.00. The van der Waals surface area contributed by atoms with E-state index in [9.17, 15) is 0 Å². The largest absolute Gasteiger partial charge is 0.0581 e. The van der Waals surface area contributed by atoms with Gasteiger partial charge in [-0.15, -0.1) is 0 Å². The Morgan fingerprint density at radius 1 is 0.533 bits per heavy atom. The molecule has 1 aromatic carbocycles. The number of hydrogen-bond acceptors (Lipinski definition) is 0. The average Bonchev–Trinajstić information content (AvgIpc) is 3.18. The fourth-order valence-corrected chi connectivity index (χ4v) is 20.0. The van der Waals surface area contributed by atoms with Crippen molar-refractivity contribution in [1.29, 1.82) is 0 Å². The van der Waals surface area contributed by atoms with Crippen molar-refractivity contribution in [3.8, 4) is 0 Å². The lowest BCUT2D eigenvalue weighted by Gasteiger charge is -2.32.